The lowest BCUT2D eigenvalue weighted by Gasteiger charge is -2.41. The summed E-state index contributed by atoms with van der Waals surface area (Å²) in [4.78, 5) is 16.3. The van der Waals surface area contributed by atoms with Gasteiger partial charge in [-0.1, -0.05) is 0 Å². The third kappa shape index (κ3) is 2.92. The van der Waals surface area contributed by atoms with Crippen molar-refractivity contribution in [3.63, 3.8) is 0 Å². The smallest absolute Gasteiger partial charge is 0.319 e. The molecule has 1 N–H and O–H groups in total. The van der Waals surface area contributed by atoms with Crippen LogP contribution in [0.1, 0.15) is 39.0 Å². The molecule has 0 atom stereocenters. The van der Waals surface area contributed by atoms with Crippen molar-refractivity contribution in [3.8, 4) is 0 Å². The quantitative estimate of drug-likeness (QED) is 0.755. The van der Waals surface area contributed by atoms with E-state index in [1.165, 1.54) is 19.3 Å². The summed E-state index contributed by atoms with van der Waals surface area (Å²) in [5, 5.41) is 3.37. The zero-order chi connectivity index (χ0) is 12.3. The van der Waals surface area contributed by atoms with E-state index in [0.717, 1.165) is 39.0 Å². The molecule has 4 nitrogen and oxygen atoms in total. The van der Waals surface area contributed by atoms with E-state index in [1.807, 2.05) is 16.8 Å². The van der Waals surface area contributed by atoms with Crippen LogP contribution in [0.2, 0.25) is 0 Å². The molecule has 0 aromatic carbocycles. The summed E-state index contributed by atoms with van der Waals surface area (Å²) in [5.74, 6) is 0. The van der Waals surface area contributed by atoms with Gasteiger partial charge in [-0.25, -0.2) is 4.79 Å². The highest BCUT2D eigenvalue weighted by molar-refractivity contribution is 5.74. The molecular weight excluding hydrogens is 214 g/mol. The summed E-state index contributed by atoms with van der Waals surface area (Å²) in [6.07, 6.45) is 5.75. The molecule has 2 aliphatic rings. The van der Waals surface area contributed by atoms with Gasteiger partial charge in [-0.3, -0.25) is 0 Å². The summed E-state index contributed by atoms with van der Waals surface area (Å²) in [6, 6.07) is 0.267. The Labute approximate surface area is 104 Å². The minimum absolute atomic E-state index is 0.221. The fraction of sp³-hybridized carbons (Fsp3) is 0.923. The van der Waals surface area contributed by atoms with Crippen LogP contribution in [0.3, 0.4) is 0 Å². The molecule has 2 amide bonds. The van der Waals surface area contributed by atoms with Gasteiger partial charge in [0.2, 0.25) is 0 Å². The Bertz CT molecular complexity index is 266. The number of nitrogens with one attached hydrogen (secondary N) is 1. The van der Waals surface area contributed by atoms with Gasteiger partial charge in [0.15, 0.2) is 0 Å². The molecule has 0 unspecified atom stereocenters. The summed E-state index contributed by atoms with van der Waals surface area (Å²) in [6.45, 7) is 5.95. The van der Waals surface area contributed by atoms with E-state index < -0.39 is 0 Å². The van der Waals surface area contributed by atoms with Crippen LogP contribution in [0.25, 0.3) is 0 Å². The summed E-state index contributed by atoms with van der Waals surface area (Å²) >= 11 is 0. The molecule has 0 saturated carbocycles. The van der Waals surface area contributed by atoms with Crippen molar-refractivity contribution in [2.45, 2.75) is 44.6 Å². The van der Waals surface area contributed by atoms with Crippen molar-refractivity contribution >= 4 is 6.03 Å². The van der Waals surface area contributed by atoms with Crippen LogP contribution in [-0.4, -0.2) is 54.6 Å². The fourth-order valence-electron chi connectivity index (χ4n) is 2.73. The summed E-state index contributed by atoms with van der Waals surface area (Å²) in [5.41, 5.74) is 0.221. The van der Waals surface area contributed by atoms with Crippen LogP contribution in [0.4, 0.5) is 4.79 Å². The highest BCUT2D eigenvalue weighted by atomic mass is 16.2. The molecule has 2 heterocycles. The Hall–Kier alpha value is -0.770. The van der Waals surface area contributed by atoms with Crippen LogP contribution in [0.5, 0.6) is 0 Å². The van der Waals surface area contributed by atoms with E-state index in [4.69, 9.17) is 0 Å². The standard InChI is InChI=1S/C13H25N3O/c1-13(14-2)6-10-16(11-7-13)12(17)15-8-4-3-5-9-15/h14H,3-11H2,1-2H3. The molecule has 17 heavy (non-hydrogen) atoms. The van der Waals surface area contributed by atoms with Crippen molar-refractivity contribution in [2.75, 3.05) is 33.2 Å². The first kappa shape index (κ1) is 12.7. The Morgan fingerprint density at radius 3 is 2.06 bits per heavy atom. The summed E-state index contributed by atoms with van der Waals surface area (Å²) in [7, 11) is 2.02. The Morgan fingerprint density at radius 2 is 1.53 bits per heavy atom. The fourth-order valence-corrected chi connectivity index (χ4v) is 2.73. The third-order valence-electron chi connectivity index (χ3n) is 4.37. The number of hydrogen-bond acceptors (Lipinski definition) is 2. The number of rotatable bonds is 1. The summed E-state index contributed by atoms with van der Waals surface area (Å²) < 4.78 is 0. The predicted molar refractivity (Wildman–Crippen MR) is 69.1 cm³/mol. The van der Waals surface area contributed by atoms with Gasteiger partial charge >= 0.3 is 6.03 Å². The third-order valence-corrected chi connectivity index (χ3v) is 4.37. The number of hydrogen-bond donors (Lipinski definition) is 1. The number of amides is 2. The second-order valence-electron chi connectivity index (χ2n) is 5.63. The lowest BCUT2D eigenvalue weighted by Crippen LogP contribution is -2.54. The second-order valence-corrected chi connectivity index (χ2v) is 5.63. The Balaban J connectivity index is 1.85. The minimum Gasteiger partial charge on any atom is -0.325 e. The molecule has 0 aliphatic carbocycles. The molecule has 2 rings (SSSR count). The van der Waals surface area contributed by atoms with Gasteiger partial charge in [-0.2, -0.15) is 0 Å². The van der Waals surface area contributed by atoms with Gasteiger partial charge in [0.05, 0.1) is 0 Å². The molecule has 4 heteroatoms. The average Bonchev–Trinajstić information content (AvgIpc) is 2.40. The number of piperidine rings is 2. The van der Waals surface area contributed by atoms with E-state index in [2.05, 4.69) is 12.2 Å². The lowest BCUT2D eigenvalue weighted by atomic mass is 9.90. The monoisotopic (exact) mass is 239 g/mol. The molecule has 98 valence electrons. The normalized spacial score (nSPS) is 24.8. The number of carbonyl (C=O) groups is 1. The van der Waals surface area contributed by atoms with E-state index in [-0.39, 0.29) is 11.6 Å². The zero-order valence-electron chi connectivity index (χ0n) is 11.2. The van der Waals surface area contributed by atoms with Gasteiger partial charge < -0.3 is 15.1 Å². The van der Waals surface area contributed by atoms with Gasteiger partial charge in [0.1, 0.15) is 0 Å². The van der Waals surface area contributed by atoms with Crippen LogP contribution in [0, 0.1) is 0 Å². The highest BCUT2D eigenvalue weighted by Gasteiger charge is 2.32. The van der Waals surface area contributed by atoms with Gasteiger partial charge in [0.25, 0.3) is 0 Å². The number of nitrogens with zero attached hydrogens (tertiary/aromatic N) is 2. The number of carbonyl (C=O) groups excluding carboxylic acids is 1. The van der Waals surface area contributed by atoms with Crippen LogP contribution < -0.4 is 5.32 Å². The van der Waals surface area contributed by atoms with Crippen LogP contribution >= 0.6 is 0 Å². The first-order valence-electron chi connectivity index (χ1n) is 6.87. The van der Waals surface area contributed by atoms with Crippen molar-refractivity contribution in [1.82, 2.24) is 15.1 Å². The Morgan fingerprint density at radius 1 is 1.00 bits per heavy atom. The second kappa shape index (κ2) is 5.25. The molecule has 2 saturated heterocycles. The van der Waals surface area contributed by atoms with E-state index in [9.17, 15) is 4.79 Å². The van der Waals surface area contributed by atoms with Gasteiger partial charge in [0, 0.05) is 31.7 Å². The maximum Gasteiger partial charge on any atom is 0.319 e. The number of likely N-dealkylation sites (tertiary alicyclic amines) is 2. The molecule has 0 bridgehead atoms. The highest BCUT2D eigenvalue weighted by Crippen LogP contribution is 2.22. The number of urea groups is 1. The Kier molecular flexibility index (Phi) is 3.92. The van der Waals surface area contributed by atoms with Crippen molar-refractivity contribution in [3.05, 3.63) is 0 Å². The minimum atomic E-state index is 0.221. The van der Waals surface area contributed by atoms with Gasteiger partial charge in [-0.15, -0.1) is 0 Å². The maximum atomic E-state index is 12.3. The molecule has 2 fully saturated rings. The topological polar surface area (TPSA) is 35.6 Å². The van der Waals surface area contributed by atoms with Crippen molar-refractivity contribution in [2.24, 2.45) is 0 Å². The molecule has 0 aromatic rings. The van der Waals surface area contributed by atoms with E-state index >= 15 is 0 Å². The average molecular weight is 239 g/mol. The van der Waals surface area contributed by atoms with Crippen molar-refractivity contribution < 1.29 is 4.79 Å². The molecular formula is C13H25N3O. The van der Waals surface area contributed by atoms with E-state index in [1.54, 1.807) is 0 Å². The van der Waals surface area contributed by atoms with Crippen molar-refractivity contribution in [1.29, 1.82) is 0 Å². The van der Waals surface area contributed by atoms with Crippen LogP contribution in [0.15, 0.2) is 0 Å². The first-order valence-corrected chi connectivity index (χ1v) is 6.87. The molecule has 2 aliphatic heterocycles. The zero-order valence-corrected chi connectivity index (χ0v) is 11.2. The lowest BCUT2D eigenvalue weighted by molar-refractivity contribution is 0.115. The largest absolute Gasteiger partial charge is 0.325 e. The first-order chi connectivity index (χ1) is 8.14. The maximum absolute atomic E-state index is 12.3. The van der Waals surface area contributed by atoms with Gasteiger partial charge in [-0.05, 0) is 46.1 Å². The predicted octanol–water partition coefficient (Wildman–Crippen LogP) is 1.67. The molecule has 0 radical (unpaired) electrons. The SMILES string of the molecule is CNC1(C)CCN(C(=O)N2CCCCC2)CC1. The van der Waals surface area contributed by atoms with E-state index in [0.29, 0.717) is 0 Å². The van der Waals surface area contributed by atoms with Crippen LogP contribution in [-0.2, 0) is 0 Å². The molecule has 0 aromatic heterocycles. The molecule has 0 spiro atoms.